The van der Waals surface area contributed by atoms with Crippen molar-refractivity contribution in [2.24, 2.45) is 0 Å². The second kappa shape index (κ2) is 8.20. The molecule has 2 aliphatic carbocycles. The average molecular weight is 436 g/mol. The molecule has 2 rings (SSSR count). The van der Waals surface area contributed by atoms with Crippen LogP contribution in [0.3, 0.4) is 0 Å². The van der Waals surface area contributed by atoms with Gasteiger partial charge in [0.1, 0.15) is 0 Å². The Kier molecular flexibility index (Phi) is 7.28. The van der Waals surface area contributed by atoms with Gasteiger partial charge in [0, 0.05) is 0 Å². The zero-order valence-corrected chi connectivity index (χ0v) is 14.1. The molecule has 0 aromatic rings. The molecule has 2 nitrogen and oxygen atoms in total. The minimum atomic E-state index is -2.74. The van der Waals surface area contributed by atoms with Gasteiger partial charge in [0.05, 0.1) is 0 Å². The summed E-state index contributed by atoms with van der Waals surface area (Å²) in [6.45, 7) is 4.50. The Bertz CT molecular complexity index is 343. The monoisotopic (exact) mass is 436 g/mol. The fourth-order valence-corrected chi connectivity index (χ4v) is 4.41. The predicted molar refractivity (Wildman–Crippen MR) is 65.4 cm³/mol. The fraction of sp³-hybridized carbons (Fsp3) is 0.167. The Hall–Kier alpha value is 0.0401. The first-order valence-corrected chi connectivity index (χ1v) is 15.3. The summed E-state index contributed by atoms with van der Waals surface area (Å²) >= 11 is -2.74. The van der Waals surface area contributed by atoms with Crippen molar-refractivity contribution in [3.8, 4) is 0 Å². The van der Waals surface area contributed by atoms with Crippen molar-refractivity contribution in [1.29, 1.82) is 0 Å². The molecular weight excluding hydrogens is 426 g/mol. The van der Waals surface area contributed by atoms with Crippen LogP contribution in [-0.4, -0.2) is 6.79 Å². The third-order valence-electron chi connectivity index (χ3n) is 2.31. The SMILES string of the molecule is [C]=O.[Cl][Hf]([Cl])[O][C](C1=CC=CC1)C1=CC=CC1. The standard InChI is InChI=1S/C11H10O.CO.2ClH.Hf/c12-11(9-5-1-2-6-9)10-7-3-4-8-10;1-2;;;/h1-5,7H,6,8H2;;2*1H;/q-1;;;;+3/p-2. The fourth-order valence-electron chi connectivity index (χ4n) is 1.65. The number of halogens is 2. The van der Waals surface area contributed by atoms with Crippen molar-refractivity contribution in [1.82, 2.24) is 0 Å². The summed E-state index contributed by atoms with van der Waals surface area (Å²) in [5.41, 5.74) is 2.38. The topological polar surface area (TPSA) is 26.3 Å². The Morgan fingerprint density at radius 3 is 1.88 bits per heavy atom. The average Bonchev–Trinajstić information content (AvgIpc) is 3.02. The van der Waals surface area contributed by atoms with Crippen LogP contribution >= 0.6 is 17.2 Å². The van der Waals surface area contributed by atoms with E-state index in [1.807, 2.05) is 12.2 Å². The molecule has 0 fully saturated rings. The molecule has 0 N–H and O–H groups in total. The van der Waals surface area contributed by atoms with Crippen LogP contribution in [0.1, 0.15) is 12.8 Å². The molecular formula is C12H10Cl2HfO2. The van der Waals surface area contributed by atoms with Crippen LogP contribution in [0.5, 0.6) is 0 Å². The van der Waals surface area contributed by atoms with Crippen molar-refractivity contribution in [3.63, 3.8) is 0 Å². The summed E-state index contributed by atoms with van der Waals surface area (Å²) in [5.74, 6) is 0. The zero-order chi connectivity index (χ0) is 12.7. The minimum absolute atomic E-state index is 0.914. The van der Waals surface area contributed by atoms with Gasteiger partial charge in [-0.1, -0.05) is 0 Å². The van der Waals surface area contributed by atoms with Crippen LogP contribution in [0.2, 0.25) is 0 Å². The maximum atomic E-state index is 7.50. The van der Waals surface area contributed by atoms with Gasteiger partial charge in [0.25, 0.3) is 6.79 Å². The normalized spacial score (nSPS) is 16.6. The second-order valence-electron chi connectivity index (χ2n) is 3.31. The second-order valence-corrected chi connectivity index (χ2v) is 12.9. The molecule has 17 heavy (non-hydrogen) atoms. The van der Waals surface area contributed by atoms with Crippen molar-refractivity contribution in [2.45, 2.75) is 12.8 Å². The first-order chi connectivity index (χ1) is 8.27. The quantitative estimate of drug-likeness (QED) is 0.629. The molecule has 2 aliphatic rings. The first kappa shape index (κ1) is 15.1. The molecule has 0 aromatic carbocycles. The summed E-state index contributed by atoms with van der Waals surface area (Å²) in [6.07, 6.45) is 15.2. The van der Waals surface area contributed by atoms with Crippen LogP contribution in [0, 0.1) is 6.10 Å². The molecule has 0 aliphatic heterocycles. The van der Waals surface area contributed by atoms with Gasteiger partial charge < -0.3 is 0 Å². The van der Waals surface area contributed by atoms with Crippen LogP contribution in [-0.2, 0) is 27.2 Å². The molecule has 0 saturated carbocycles. The number of allylic oxidation sites excluding steroid dienone is 6. The molecule has 0 amide bonds. The Morgan fingerprint density at radius 1 is 1.12 bits per heavy atom. The van der Waals surface area contributed by atoms with Gasteiger partial charge in [-0.05, 0) is 0 Å². The molecule has 88 valence electrons. The van der Waals surface area contributed by atoms with Gasteiger partial charge in [-0.25, -0.2) is 0 Å². The van der Waals surface area contributed by atoms with Gasteiger partial charge in [0.2, 0.25) is 0 Å². The number of carbonyl (C=O) groups excluding carboxylic acids is 1. The van der Waals surface area contributed by atoms with E-state index in [9.17, 15) is 0 Å². The zero-order valence-electron chi connectivity index (χ0n) is 8.95. The van der Waals surface area contributed by atoms with E-state index in [1.165, 1.54) is 11.1 Å². The van der Waals surface area contributed by atoms with Crippen molar-refractivity contribution in [2.75, 3.05) is 0 Å². The number of hydrogen-bond acceptors (Lipinski definition) is 2. The Morgan fingerprint density at radius 2 is 1.59 bits per heavy atom. The molecule has 0 aromatic heterocycles. The molecule has 0 heterocycles. The summed E-state index contributed by atoms with van der Waals surface area (Å²) < 4.78 is 5.66. The summed E-state index contributed by atoms with van der Waals surface area (Å²) in [5, 5.41) is 0. The van der Waals surface area contributed by atoms with Crippen molar-refractivity contribution < 1.29 is 27.2 Å². The molecule has 0 unspecified atom stereocenters. The van der Waals surface area contributed by atoms with Gasteiger partial charge in [-0.2, -0.15) is 0 Å². The van der Waals surface area contributed by atoms with Gasteiger partial charge in [0.15, 0.2) is 0 Å². The van der Waals surface area contributed by atoms with Crippen molar-refractivity contribution >= 4 is 23.9 Å². The van der Waals surface area contributed by atoms with E-state index in [-0.39, 0.29) is 0 Å². The van der Waals surface area contributed by atoms with Crippen LogP contribution < -0.4 is 0 Å². The Balaban J connectivity index is 0.000000686. The molecule has 0 atom stereocenters. The van der Waals surface area contributed by atoms with E-state index < -0.39 is 19.5 Å². The molecule has 5 heteroatoms. The van der Waals surface area contributed by atoms with Crippen LogP contribution in [0.15, 0.2) is 47.6 Å². The van der Waals surface area contributed by atoms with Gasteiger partial charge in [-0.15, -0.1) is 0 Å². The predicted octanol–water partition coefficient (Wildman–Crippen LogP) is 3.75. The summed E-state index contributed by atoms with van der Waals surface area (Å²) in [4.78, 5) is 7.50. The number of hydrogen-bond donors (Lipinski definition) is 0. The third-order valence-corrected chi connectivity index (χ3v) is 4.86. The van der Waals surface area contributed by atoms with Gasteiger partial charge in [-0.3, -0.25) is 4.79 Å². The molecule has 0 spiro atoms. The summed E-state index contributed by atoms with van der Waals surface area (Å²) in [7, 11) is 11.7. The van der Waals surface area contributed by atoms with E-state index in [1.54, 1.807) is 0 Å². The number of rotatable bonds is 4. The molecule has 0 saturated heterocycles. The van der Waals surface area contributed by atoms with E-state index >= 15 is 0 Å². The maximum absolute atomic E-state index is 7.50. The van der Waals surface area contributed by atoms with Crippen LogP contribution in [0.25, 0.3) is 0 Å². The summed E-state index contributed by atoms with van der Waals surface area (Å²) in [6, 6.07) is 0. The Labute approximate surface area is 117 Å². The third kappa shape index (κ3) is 4.66. The first-order valence-electron chi connectivity index (χ1n) is 4.92. The van der Waals surface area contributed by atoms with Crippen LogP contribution in [0.4, 0.5) is 0 Å². The molecule has 0 bridgehead atoms. The van der Waals surface area contributed by atoms with E-state index in [2.05, 4.69) is 31.1 Å². The van der Waals surface area contributed by atoms with Gasteiger partial charge >= 0.3 is 106 Å². The van der Waals surface area contributed by atoms with E-state index in [0.29, 0.717) is 0 Å². The van der Waals surface area contributed by atoms with E-state index in [4.69, 9.17) is 24.8 Å². The van der Waals surface area contributed by atoms with E-state index in [0.717, 1.165) is 18.9 Å². The van der Waals surface area contributed by atoms with Crippen molar-refractivity contribution in [3.05, 3.63) is 53.7 Å². The molecule has 3 radical (unpaired) electrons.